The van der Waals surface area contributed by atoms with E-state index < -0.39 is 0 Å². The number of aromatic nitrogens is 2. The smallest absolute Gasteiger partial charge is 0.253 e. The van der Waals surface area contributed by atoms with Gasteiger partial charge in [0.1, 0.15) is 5.02 Å². The summed E-state index contributed by atoms with van der Waals surface area (Å²) < 4.78 is 5.41. The largest absolute Gasteiger partial charge is 0.477 e. The molecule has 1 aliphatic heterocycles. The molecule has 1 aromatic carbocycles. The fraction of sp³-hybridized carbons (Fsp3) is 0.417. The molecule has 1 fully saturated rings. The zero-order valence-corrected chi connectivity index (χ0v) is 20.5. The minimum atomic E-state index is -0.143. The highest BCUT2D eigenvalue weighted by molar-refractivity contribution is 6.31. The number of hydrogen-bond donors (Lipinski definition) is 2. The van der Waals surface area contributed by atoms with Gasteiger partial charge in [-0.2, -0.15) is 4.98 Å². The van der Waals surface area contributed by atoms with Crippen LogP contribution >= 0.6 is 11.6 Å². The number of carbonyl (C=O) groups is 2. The second kappa shape index (κ2) is 12.3. The first-order chi connectivity index (χ1) is 16.4. The average Bonchev–Trinajstić information content (AvgIpc) is 3.28. The summed E-state index contributed by atoms with van der Waals surface area (Å²) in [5, 5.41) is 6.46. The number of benzene rings is 1. The first-order valence-corrected chi connectivity index (χ1v) is 11.6. The molecule has 34 heavy (non-hydrogen) atoms. The summed E-state index contributed by atoms with van der Waals surface area (Å²) in [6.07, 6.45) is 5.63. The van der Waals surface area contributed by atoms with Crippen LogP contribution in [0.1, 0.15) is 29.3 Å². The number of amides is 2. The Hall–Kier alpha value is -3.17. The van der Waals surface area contributed by atoms with Crippen LogP contribution in [0.3, 0.4) is 0 Å². The van der Waals surface area contributed by atoms with E-state index in [0.29, 0.717) is 55.2 Å². The van der Waals surface area contributed by atoms with Crippen LogP contribution < -0.4 is 15.4 Å². The van der Waals surface area contributed by atoms with Gasteiger partial charge in [0.15, 0.2) is 0 Å². The number of carbonyl (C=O) groups excluding carboxylic acids is 2. The third-order valence-corrected chi connectivity index (χ3v) is 5.47. The lowest BCUT2D eigenvalue weighted by Crippen LogP contribution is -2.32. The normalized spacial score (nSPS) is 15.7. The molecule has 182 valence electrons. The van der Waals surface area contributed by atoms with Crippen LogP contribution in [0.5, 0.6) is 5.88 Å². The molecule has 1 aromatic heterocycles. The van der Waals surface area contributed by atoms with Gasteiger partial charge in [0, 0.05) is 43.9 Å². The summed E-state index contributed by atoms with van der Waals surface area (Å²) in [7, 11) is 3.88. The molecule has 2 N–H and O–H groups in total. The monoisotopic (exact) mass is 486 g/mol. The van der Waals surface area contributed by atoms with Crippen LogP contribution in [-0.4, -0.2) is 78.0 Å². The molecule has 10 heteroatoms. The van der Waals surface area contributed by atoms with Crippen LogP contribution in [0.2, 0.25) is 5.02 Å². The van der Waals surface area contributed by atoms with Crippen molar-refractivity contribution >= 4 is 29.4 Å². The van der Waals surface area contributed by atoms with Crippen molar-refractivity contribution in [3.63, 3.8) is 0 Å². The molecule has 2 amide bonds. The minimum Gasteiger partial charge on any atom is -0.477 e. The summed E-state index contributed by atoms with van der Waals surface area (Å²) in [5.41, 5.74) is 1.54. The van der Waals surface area contributed by atoms with Gasteiger partial charge in [-0.3, -0.25) is 9.59 Å². The van der Waals surface area contributed by atoms with E-state index in [0.717, 1.165) is 12.0 Å². The van der Waals surface area contributed by atoms with Gasteiger partial charge in [-0.05, 0) is 45.1 Å². The van der Waals surface area contributed by atoms with Crippen molar-refractivity contribution in [2.45, 2.75) is 25.9 Å². The Kier molecular flexibility index (Phi) is 9.24. The lowest BCUT2D eigenvalue weighted by atomic mass is 10.1. The lowest BCUT2D eigenvalue weighted by Gasteiger charge is -2.17. The van der Waals surface area contributed by atoms with E-state index in [9.17, 15) is 9.59 Å². The number of rotatable bonds is 10. The molecule has 1 aliphatic rings. The molecule has 1 saturated heterocycles. The molecule has 1 atom stereocenters. The van der Waals surface area contributed by atoms with Crippen LogP contribution in [0.15, 0.2) is 42.6 Å². The number of anilines is 1. The van der Waals surface area contributed by atoms with E-state index >= 15 is 0 Å². The first kappa shape index (κ1) is 25.5. The Morgan fingerprint density at radius 3 is 2.76 bits per heavy atom. The third-order valence-electron chi connectivity index (χ3n) is 5.21. The highest BCUT2D eigenvalue weighted by Crippen LogP contribution is 2.23. The molecule has 0 aliphatic carbocycles. The summed E-state index contributed by atoms with van der Waals surface area (Å²) in [5.74, 6) is 0.595. The van der Waals surface area contributed by atoms with Gasteiger partial charge < -0.3 is 25.2 Å². The highest BCUT2D eigenvalue weighted by Gasteiger charge is 2.27. The molecule has 0 spiro atoms. The topological polar surface area (TPSA) is 99.7 Å². The number of nitrogens with one attached hydrogen (secondary N) is 2. The number of nitrogens with zero attached hydrogens (tertiary/aromatic N) is 4. The average molecular weight is 487 g/mol. The second-order valence-electron chi connectivity index (χ2n) is 8.24. The number of ether oxygens (including phenoxy) is 1. The lowest BCUT2D eigenvalue weighted by molar-refractivity contribution is -0.116. The summed E-state index contributed by atoms with van der Waals surface area (Å²) >= 11 is 6.05. The maximum Gasteiger partial charge on any atom is 0.253 e. The van der Waals surface area contributed by atoms with Gasteiger partial charge in [0.2, 0.25) is 17.7 Å². The van der Waals surface area contributed by atoms with E-state index in [1.807, 2.05) is 49.0 Å². The highest BCUT2D eigenvalue weighted by atomic mass is 35.5. The summed E-state index contributed by atoms with van der Waals surface area (Å²) in [4.78, 5) is 37.1. The number of hydrogen-bond acceptors (Lipinski definition) is 7. The maximum atomic E-state index is 12.9. The molecule has 0 saturated carbocycles. The Balaban J connectivity index is 1.49. The van der Waals surface area contributed by atoms with Gasteiger partial charge in [-0.15, -0.1) is 0 Å². The zero-order valence-electron chi connectivity index (χ0n) is 19.8. The Morgan fingerprint density at radius 1 is 1.29 bits per heavy atom. The summed E-state index contributed by atoms with van der Waals surface area (Å²) in [6.45, 7) is 4.62. The van der Waals surface area contributed by atoms with E-state index in [-0.39, 0.29) is 17.9 Å². The number of likely N-dealkylation sites (N-methyl/N-ethyl adjacent to an activating group) is 1. The predicted molar refractivity (Wildman–Crippen MR) is 132 cm³/mol. The molecule has 0 bridgehead atoms. The van der Waals surface area contributed by atoms with E-state index in [1.165, 1.54) is 12.3 Å². The molecule has 9 nitrogen and oxygen atoms in total. The van der Waals surface area contributed by atoms with Crippen molar-refractivity contribution < 1.29 is 14.3 Å². The minimum absolute atomic E-state index is 0.0291. The molecule has 2 heterocycles. The van der Waals surface area contributed by atoms with Gasteiger partial charge in [-0.25, -0.2) is 4.98 Å². The quantitative estimate of drug-likeness (QED) is 0.498. The molecular weight excluding hydrogens is 456 g/mol. The van der Waals surface area contributed by atoms with Gasteiger partial charge in [-0.1, -0.05) is 29.8 Å². The second-order valence-corrected chi connectivity index (χ2v) is 8.65. The molecule has 2 aromatic rings. The van der Waals surface area contributed by atoms with Crippen molar-refractivity contribution in [1.29, 1.82) is 0 Å². The first-order valence-electron chi connectivity index (χ1n) is 11.2. The summed E-state index contributed by atoms with van der Waals surface area (Å²) in [6, 6.07) is 7.35. The van der Waals surface area contributed by atoms with Crippen LogP contribution in [0.25, 0.3) is 0 Å². The van der Waals surface area contributed by atoms with Crippen LogP contribution in [-0.2, 0) is 11.3 Å². The predicted octanol–water partition coefficient (Wildman–Crippen LogP) is 2.59. The number of likely N-dealkylation sites (tertiary alicyclic amines) is 1. The van der Waals surface area contributed by atoms with Crippen molar-refractivity contribution in [2.75, 3.05) is 45.7 Å². The SMILES string of the molecule is CCOc1nc(N[C@@H]2CCN(C(=O)c3ccc(CNC(=O)/C=C/CN(C)C)cc3)C2)ncc1Cl. The van der Waals surface area contributed by atoms with Gasteiger partial charge in [0.25, 0.3) is 5.91 Å². The molecule has 0 radical (unpaired) electrons. The van der Waals surface area contributed by atoms with E-state index in [1.54, 1.807) is 12.1 Å². The fourth-order valence-electron chi connectivity index (χ4n) is 3.47. The van der Waals surface area contributed by atoms with Crippen molar-refractivity contribution in [3.05, 3.63) is 58.8 Å². The van der Waals surface area contributed by atoms with Crippen molar-refractivity contribution in [3.8, 4) is 5.88 Å². The maximum absolute atomic E-state index is 12.9. The van der Waals surface area contributed by atoms with Gasteiger partial charge in [0.05, 0.1) is 12.8 Å². The van der Waals surface area contributed by atoms with Crippen molar-refractivity contribution in [1.82, 2.24) is 25.1 Å². The number of halogens is 1. The van der Waals surface area contributed by atoms with E-state index in [2.05, 4.69) is 20.6 Å². The van der Waals surface area contributed by atoms with Crippen LogP contribution in [0, 0.1) is 0 Å². The zero-order chi connectivity index (χ0) is 24.5. The van der Waals surface area contributed by atoms with Crippen molar-refractivity contribution in [2.24, 2.45) is 0 Å². The van der Waals surface area contributed by atoms with Gasteiger partial charge >= 0.3 is 0 Å². The Morgan fingerprint density at radius 2 is 2.06 bits per heavy atom. The molecular formula is C24H31ClN6O3. The van der Waals surface area contributed by atoms with E-state index in [4.69, 9.17) is 16.3 Å². The molecule has 3 rings (SSSR count). The third kappa shape index (κ3) is 7.43. The Labute approximate surface area is 205 Å². The van der Waals surface area contributed by atoms with Crippen LogP contribution in [0.4, 0.5) is 5.95 Å². The Bertz CT molecular complexity index is 1010. The fourth-order valence-corrected chi connectivity index (χ4v) is 3.62. The molecule has 0 unspecified atom stereocenters. The standard InChI is InChI=1S/C24H31ClN6O3/c1-4-34-22-20(25)15-27-24(29-22)28-19-11-13-31(16-19)23(33)18-9-7-17(8-10-18)14-26-21(32)6-5-12-30(2)3/h5-10,15,19H,4,11-14,16H2,1-3H3,(H,26,32)(H,27,28,29)/b6-5+/t19-/m1/s1.